The van der Waals surface area contributed by atoms with Gasteiger partial charge in [-0.1, -0.05) is 6.42 Å². The van der Waals surface area contributed by atoms with Gasteiger partial charge in [0.25, 0.3) is 0 Å². The lowest BCUT2D eigenvalue weighted by Crippen LogP contribution is -2.51. The number of aromatic amines is 1. The fourth-order valence-electron chi connectivity index (χ4n) is 5.65. The third-order valence-corrected chi connectivity index (χ3v) is 6.98. The first kappa shape index (κ1) is 16.6. The van der Waals surface area contributed by atoms with Gasteiger partial charge in [0.2, 0.25) is 0 Å². The number of H-pyrrole nitrogens is 1. The maximum absolute atomic E-state index is 5.46. The van der Waals surface area contributed by atoms with Gasteiger partial charge in [-0.3, -0.25) is 4.90 Å². The SMILES string of the molecule is COc1ccc2[nH]c3c(c2c1)CN(C[C@@H]1CCCN2CCCC[C@H]12)CC3. The van der Waals surface area contributed by atoms with Gasteiger partial charge in [0.1, 0.15) is 5.75 Å². The molecule has 26 heavy (non-hydrogen) atoms. The maximum Gasteiger partial charge on any atom is 0.119 e. The van der Waals surface area contributed by atoms with Crippen molar-refractivity contribution in [1.82, 2.24) is 14.8 Å². The molecule has 1 aromatic heterocycles. The van der Waals surface area contributed by atoms with E-state index in [4.69, 9.17) is 4.74 Å². The molecular weight excluding hydrogens is 322 g/mol. The van der Waals surface area contributed by atoms with Gasteiger partial charge in [-0.25, -0.2) is 0 Å². The highest BCUT2D eigenvalue weighted by Gasteiger charge is 2.34. The molecule has 1 N–H and O–H groups in total. The van der Waals surface area contributed by atoms with Crippen molar-refractivity contribution in [2.24, 2.45) is 5.92 Å². The minimum Gasteiger partial charge on any atom is -0.497 e. The topological polar surface area (TPSA) is 31.5 Å². The normalized spacial score (nSPS) is 27.3. The summed E-state index contributed by atoms with van der Waals surface area (Å²) in [6.45, 7) is 6.24. The second kappa shape index (κ2) is 6.90. The van der Waals surface area contributed by atoms with E-state index in [0.717, 1.165) is 30.7 Å². The molecule has 0 saturated carbocycles. The second-order valence-electron chi connectivity index (χ2n) is 8.48. The molecule has 0 unspecified atom stereocenters. The lowest BCUT2D eigenvalue weighted by molar-refractivity contribution is 0.0380. The Hall–Kier alpha value is -1.52. The molecule has 4 heteroatoms. The van der Waals surface area contributed by atoms with Crippen LogP contribution in [0, 0.1) is 5.92 Å². The number of piperidine rings is 2. The minimum absolute atomic E-state index is 0.849. The molecule has 2 atom stereocenters. The van der Waals surface area contributed by atoms with E-state index in [1.54, 1.807) is 7.11 Å². The minimum atomic E-state index is 0.849. The Labute approximate surface area is 156 Å². The fraction of sp³-hybridized carbons (Fsp3) is 0.636. The highest BCUT2D eigenvalue weighted by Crippen LogP contribution is 2.34. The van der Waals surface area contributed by atoms with Crippen LogP contribution >= 0.6 is 0 Å². The molecule has 0 radical (unpaired) electrons. The zero-order valence-corrected chi connectivity index (χ0v) is 16.0. The standard InChI is InChI=1S/C22H31N3O/c1-26-17-7-8-20-18(13-17)19-15-24(12-9-21(19)23-20)14-16-5-4-11-25-10-3-2-6-22(16)25/h7-8,13,16,22-23H,2-6,9-12,14-15H2,1H3/t16-,22+/m0/s1. The van der Waals surface area contributed by atoms with Gasteiger partial charge in [-0.15, -0.1) is 0 Å². The summed E-state index contributed by atoms with van der Waals surface area (Å²) in [4.78, 5) is 9.16. The highest BCUT2D eigenvalue weighted by atomic mass is 16.5. The first-order valence-corrected chi connectivity index (χ1v) is 10.5. The van der Waals surface area contributed by atoms with Gasteiger partial charge in [0.15, 0.2) is 0 Å². The molecule has 2 fully saturated rings. The van der Waals surface area contributed by atoms with Crippen molar-refractivity contribution in [3.05, 3.63) is 29.5 Å². The molecule has 4 nitrogen and oxygen atoms in total. The Morgan fingerprint density at radius 1 is 1.12 bits per heavy atom. The number of benzene rings is 1. The number of hydrogen-bond donors (Lipinski definition) is 1. The summed E-state index contributed by atoms with van der Waals surface area (Å²) in [6, 6.07) is 7.28. The summed E-state index contributed by atoms with van der Waals surface area (Å²) in [6.07, 6.45) is 8.23. The number of nitrogens with one attached hydrogen (secondary N) is 1. The van der Waals surface area contributed by atoms with Crippen LogP contribution in [0.4, 0.5) is 0 Å². The summed E-state index contributed by atoms with van der Waals surface area (Å²) in [5.41, 5.74) is 4.20. The van der Waals surface area contributed by atoms with Gasteiger partial charge in [-0.05, 0) is 68.5 Å². The Bertz CT molecular complexity index is 781. The quantitative estimate of drug-likeness (QED) is 0.911. The Morgan fingerprint density at radius 3 is 2.96 bits per heavy atom. The number of rotatable bonds is 3. The summed E-state index contributed by atoms with van der Waals surface area (Å²) in [7, 11) is 1.76. The molecule has 1 aromatic carbocycles. The van der Waals surface area contributed by atoms with Gasteiger partial charge >= 0.3 is 0 Å². The molecule has 3 aliphatic heterocycles. The van der Waals surface area contributed by atoms with Crippen LogP contribution in [0.5, 0.6) is 5.75 Å². The smallest absolute Gasteiger partial charge is 0.119 e. The average molecular weight is 354 g/mol. The second-order valence-corrected chi connectivity index (χ2v) is 8.48. The zero-order chi connectivity index (χ0) is 17.5. The van der Waals surface area contributed by atoms with Crippen molar-refractivity contribution in [3.8, 4) is 5.75 Å². The summed E-state index contributed by atoms with van der Waals surface area (Å²) in [5, 5.41) is 1.35. The lowest BCUT2D eigenvalue weighted by Gasteiger charge is -2.46. The van der Waals surface area contributed by atoms with Gasteiger partial charge in [0.05, 0.1) is 7.11 Å². The highest BCUT2D eigenvalue weighted by molar-refractivity contribution is 5.86. The molecule has 0 bridgehead atoms. The van der Waals surface area contributed by atoms with E-state index >= 15 is 0 Å². The number of methoxy groups -OCH3 is 1. The predicted molar refractivity (Wildman–Crippen MR) is 106 cm³/mol. The zero-order valence-electron chi connectivity index (χ0n) is 16.0. The molecule has 0 spiro atoms. The van der Waals surface area contributed by atoms with E-state index < -0.39 is 0 Å². The molecular formula is C22H31N3O. The molecule has 2 saturated heterocycles. The fourth-order valence-corrected chi connectivity index (χ4v) is 5.65. The van der Waals surface area contributed by atoms with Crippen LogP contribution < -0.4 is 4.74 Å². The Morgan fingerprint density at radius 2 is 2.04 bits per heavy atom. The van der Waals surface area contributed by atoms with Crippen molar-refractivity contribution in [2.75, 3.05) is 33.3 Å². The molecule has 5 rings (SSSR count). The van der Waals surface area contributed by atoms with Crippen LogP contribution in [0.2, 0.25) is 0 Å². The van der Waals surface area contributed by atoms with Crippen LogP contribution in [-0.2, 0) is 13.0 Å². The monoisotopic (exact) mass is 353 g/mol. The van der Waals surface area contributed by atoms with E-state index in [1.165, 1.54) is 80.4 Å². The summed E-state index contributed by atoms with van der Waals surface area (Å²) in [5.74, 6) is 1.83. The van der Waals surface area contributed by atoms with Crippen molar-refractivity contribution >= 4 is 10.9 Å². The number of fused-ring (bicyclic) bond motifs is 4. The average Bonchev–Trinajstić information content (AvgIpc) is 3.05. The number of aromatic nitrogens is 1. The van der Waals surface area contributed by atoms with Crippen LogP contribution in [0.25, 0.3) is 10.9 Å². The van der Waals surface area contributed by atoms with Gasteiger partial charge in [-0.2, -0.15) is 0 Å². The molecule has 3 aliphatic rings. The van der Waals surface area contributed by atoms with E-state index in [-0.39, 0.29) is 0 Å². The molecule has 2 aromatic rings. The Kier molecular flexibility index (Phi) is 4.41. The van der Waals surface area contributed by atoms with Crippen molar-refractivity contribution in [1.29, 1.82) is 0 Å². The largest absolute Gasteiger partial charge is 0.497 e. The molecule has 0 amide bonds. The van der Waals surface area contributed by atoms with E-state index in [2.05, 4.69) is 33.0 Å². The van der Waals surface area contributed by atoms with Gasteiger partial charge in [0, 0.05) is 48.7 Å². The molecule has 4 heterocycles. The molecule has 140 valence electrons. The first-order chi connectivity index (χ1) is 12.8. The third kappa shape index (κ3) is 2.93. The van der Waals surface area contributed by atoms with E-state index in [0.29, 0.717) is 0 Å². The van der Waals surface area contributed by atoms with Crippen LogP contribution in [0.15, 0.2) is 18.2 Å². The predicted octanol–water partition coefficient (Wildman–Crippen LogP) is 3.80. The van der Waals surface area contributed by atoms with E-state index in [1.807, 2.05) is 0 Å². The van der Waals surface area contributed by atoms with Crippen molar-refractivity contribution < 1.29 is 4.74 Å². The van der Waals surface area contributed by atoms with Crippen molar-refractivity contribution in [2.45, 2.75) is 51.1 Å². The number of nitrogens with zero attached hydrogens (tertiary/aromatic N) is 2. The van der Waals surface area contributed by atoms with Crippen LogP contribution in [0.1, 0.15) is 43.4 Å². The third-order valence-electron chi connectivity index (χ3n) is 6.98. The summed E-state index contributed by atoms with van der Waals surface area (Å²) >= 11 is 0. The van der Waals surface area contributed by atoms with Gasteiger partial charge < -0.3 is 14.6 Å². The molecule has 0 aliphatic carbocycles. The van der Waals surface area contributed by atoms with Crippen molar-refractivity contribution in [3.63, 3.8) is 0 Å². The van der Waals surface area contributed by atoms with Crippen LogP contribution in [0.3, 0.4) is 0 Å². The number of ether oxygens (including phenoxy) is 1. The van der Waals surface area contributed by atoms with Crippen LogP contribution in [-0.4, -0.2) is 54.1 Å². The Balaban J connectivity index is 1.35. The summed E-state index contributed by atoms with van der Waals surface area (Å²) < 4.78 is 5.46. The van der Waals surface area contributed by atoms with E-state index in [9.17, 15) is 0 Å². The first-order valence-electron chi connectivity index (χ1n) is 10.5. The maximum atomic E-state index is 5.46. The lowest BCUT2D eigenvalue weighted by atomic mass is 9.83. The number of hydrogen-bond acceptors (Lipinski definition) is 3.